The standard InChI is InChI=1S/C18H38N2/c1-7-9-15(3)20(6)18(14-19)12-10-16(11-13-18)17(4,5)8-2/h15-16H,7-14,19H2,1-6H3. The summed E-state index contributed by atoms with van der Waals surface area (Å²) in [7, 11) is 2.30. The molecule has 1 aliphatic rings. The van der Waals surface area contributed by atoms with E-state index in [1.165, 1.54) is 44.9 Å². The fourth-order valence-electron chi connectivity index (χ4n) is 4.01. The van der Waals surface area contributed by atoms with Gasteiger partial charge < -0.3 is 5.73 Å². The molecule has 0 aliphatic heterocycles. The quantitative estimate of drug-likeness (QED) is 0.748. The third-order valence-electron chi connectivity index (χ3n) is 6.43. The predicted molar refractivity (Wildman–Crippen MR) is 89.9 cm³/mol. The molecule has 0 bridgehead atoms. The molecule has 0 amide bonds. The molecular weight excluding hydrogens is 244 g/mol. The van der Waals surface area contributed by atoms with E-state index in [0.717, 1.165) is 12.5 Å². The molecule has 0 heterocycles. The lowest BCUT2D eigenvalue weighted by atomic mass is 9.65. The lowest BCUT2D eigenvalue weighted by Gasteiger charge is -2.51. The number of hydrogen-bond donors (Lipinski definition) is 1. The topological polar surface area (TPSA) is 29.3 Å². The summed E-state index contributed by atoms with van der Waals surface area (Å²) in [5.74, 6) is 0.877. The molecule has 0 saturated heterocycles. The maximum atomic E-state index is 6.22. The SMILES string of the molecule is CCCC(C)N(C)C1(CN)CCC(C(C)(C)CC)CC1. The Hall–Kier alpha value is -0.0800. The van der Waals surface area contributed by atoms with E-state index < -0.39 is 0 Å². The average Bonchev–Trinajstić information content (AvgIpc) is 2.46. The number of nitrogens with two attached hydrogens (primary N) is 1. The van der Waals surface area contributed by atoms with Crippen LogP contribution in [0.1, 0.15) is 79.6 Å². The van der Waals surface area contributed by atoms with Gasteiger partial charge in [-0.3, -0.25) is 4.90 Å². The van der Waals surface area contributed by atoms with Crippen LogP contribution in [-0.4, -0.2) is 30.1 Å². The van der Waals surface area contributed by atoms with Crippen molar-refractivity contribution in [2.75, 3.05) is 13.6 Å². The van der Waals surface area contributed by atoms with E-state index in [1.807, 2.05) is 0 Å². The van der Waals surface area contributed by atoms with Gasteiger partial charge in [0.2, 0.25) is 0 Å². The van der Waals surface area contributed by atoms with Crippen molar-refractivity contribution < 1.29 is 0 Å². The average molecular weight is 283 g/mol. The molecular formula is C18H38N2. The highest BCUT2D eigenvalue weighted by Crippen LogP contribution is 2.45. The second kappa shape index (κ2) is 7.26. The zero-order valence-electron chi connectivity index (χ0n) is 14.8. The molecule has 1 rings (SSSR count). The van der Waals surface area contributed by atoms with Crippen molar-refractivity contribution in [2.45, 2.75) is 91.1 Å². The summed E-state index contributed by atoms with van der Waals surface area (Å²) < 4.78 is 0. The summed E-state index contributed by atoms with van der Waals surface area (Å²) in [5, 5.41) is 0. The van der Waals surface area contributed by atoms with Gasteiger partial charge in [0.25, 0.3) is 0 Å². The minimum Gasteiger partial charge on any atom is -0.329 e. The fourth-order valence-corrected chi connectivity index (χ4v) is 4.01. The van der Waals surface area contributed by atoms with Crippen LogP contribution < -0.4 is 5.73 Å². The molecule has 1 unspecified atom stereocenters. The maximum absolute atomic E-state index is 6.22. The van der Waals surface area contributed by atoms with E-state index in [9.17, 15) is 0 Å². The van der Waals surface area contributed by atoms with Crippen LogP contribution in [0.15, 0.2) is 0 Å². The molecule has 2 heteroatoms. The summed E-state index contributed by atoms with van der Waals surface area (Å²) in [4.78, 5) is 2.60. The van der Waals surface area contributed by atoms with Crippen LogP contribution in [-0.2, 0) is 0 Å². The van der Waals surface area contributed by atoms with Crippen LogP contribution >= 0.6 is 0 Å². The maximum Gasteiger partial charge on any atom is 0.0331 e. The lowest BCUT2D eigenvalue weighted by Crippen LogP contribution is -2.57. The second-order valence-corrected chi connectivity index (χ2v) is 7.79. The van der Waals surface area contributed by atoms with Crippen LogP contribution in [0.25, 0.3) is 0 Å². The highest BCUT2D eigenvalue weighted by molar-refractivity contribution is 4.98. The van der Waals surface area contributed by atoms with Gasteiger partial charge in [0.15, 0.2) is 0 Å². The Morgan fingerprint density at radius 3 is 2.20 bits per heavy atom. The largest absolute Gasteiger partial charge is 0.329 e. The molecule has 0 aromatic rings. The number of hydrogen-bond acceptors (Lipinski definition) is 2. The van der Waals surface area contributed by atoms with Gasteiger partial charge in [0.1, 0.15) is 0 Å². The van der Waals surface area contributed by atoms with Gasteiger partial charge in [-0.2, -0.15) is 0 Å². The first-order chi connectivity index (χ1) is 9.33. The molecule has 0 spiro atoms. The zero-order chi connectivity index (χ0) is 15.4. The normalized spacial score (nSPS) is 29.7. The molecule has 2 nitrogen and oxygen atoms in total. The minimum absolute atomic E-state index is 0.259. The van der Waals surface area contributed by atoms with Gasteiger partial charge in [0, 0.05) is 18.1 Å². The van der Waals surface area contributed by atoms with Crippen LogP contribution in [0.4, 0.5) is 0 Å². The van der Waals surface area contributed by atoms with Gasteiger partial charge in [-0.1, -0.05) is 40.5 Å². The molecule has 2 N–H and O–H groups in total. The summed E-state index contributed by atoms with van der Waals surface area (Å²) in [5.41, 5.74) is 6.97. The van der Waals surface area contributed by atoms with E-state index in [0.29, 0.717) is 11.5 Å². The Balaban J connectivity index is 2.71. The number of rotatable bonds is 7. The van der Waals surface area contributed by atoms with E-state index in [1.54, 1.807) is 0 Å². The highest BCUT2D eigenvalue weighted by Gasteiger charge is 2.42. The summed E-state index contributed by atoms with van der Waals surface area (Å²) in [6.45, 7) is 12.7. The molecule has 20 heavy (non-hydrogen) atoms. The Morgan fingerprint density at radius 2 is 1.80 bits per heavy atom. The Bertz CT molecular complexity index is 277. The molecule has 1 aliphatic carbocycles. The Labute approximate surface area is 127 Å². The molecule has 1 fully saturated rings. The fraction of sp³-hybridized carbons (Fsp3) is 1.00. The van der Waals surface area contributed by atoms with Crippen molar-refractivity contribution in [1.29, 1.82) is 0 Å². The van der Waals surface area contributed by atoms with Crippen molar-refractivity contribution in [2.24, 2.45) is 17.1 Å². The van der Waals surface area contributed by atoms with Gasteiger partial charge in [-0.25, -0.2) is 0 Å². The first-order valence-electron chi connectivity index (χ1n) is 8.76. The minimum atomic E-state index is 0.259. The van der Waals surface area contributed by atoms with Crippen molar-refractivity contribution in [3.63, 3.8) is 0 Å². The van der Waals surface area contributed by atoms with Crippen molar-refractivity contribution in [3.05, 3.63) is 0 Å². The first-order valence-corrected chi connectivity index (χ1v) is 8.76. The molecule has 0 aromatic carbocycles. The van der Waals surface area contributed by atoms with Crippen molar-refractivity contribution >= 4 is 0 Å². The summed E-state index contributed by atoms with van der Waals surface area (Å²) in [6, 6.07) is 0.652. The zero-order valence-corrected chi connectivity index (χ0v) is 14.8. The summed E-state index contributed by atoms with van der Waals surface area (Å²) >= 11 is 0. The highest BCUT2D eigenvalue weighted by atomic mass is 15.2. The monoisotopic (exact) mass is 282 g/mol. The second-order valence-electron chi connectivity index (χ2n) is 7.79. The van der Waals surface area contributed by atoms with Gasteiger partial charge in [-0.05, 0) is 57.4 Å². The molecule has 1 saturated carbocycles. The van der Waals surface area contributed by atoms with Crippen molar-refractivity contribution in [1.82, 2.24) is 4.90 Å². The van der Waals surface area contributed by atoms with Gasteiger partial charge in [-0.15, -0.1) is 0 Å². The Kier molecular flexibility index (Phi) is 6.53. The van der Waals surface area contributed by atoms with Gasteiger partial charge >= 0.3 is 0 Å². The summed E-state index contributed by atoms with van der Waals surface area (Å²) in [6.07, 6.45) is 9.09. The van der Waals surface area contributed by atoms with Crippen molar-refractivity contribution in [3.8, 4) is 0 Å². The number of likely N-dealkylation sites (N-methyl/N-ethyl adjacent to an activating group) is 1. The number of nitrogens with zero attached hydrogens (tertiary/aromatic N) is 1. The van der Waals surface area contributed by atoms with E-state index in [4.69, 9.17) is 5.73 Å². The molecule has 0 radical (unpaired) electrons. The molecule has 0 aromatic heterocycles. The molecule has 1 atom stereocenters. The molecule has 120 valence electrons. The van der Waals surface area contributed by atoms with E-state index >= 15 is 0 Å². The van der Waals surface area contributed by atoms with Crippen LogP contribution in [0.5, 0.6) is 0 Å². The third-order valence-corrected chi connectivity index (χ3v) is 6.43. The first kappa shape index (κ1) is 18.0. The van der Waals surface area contributed by atoms with Crippen LogP contribution in [0.3, 0.4) is 0 Å². The Morgan fingerprint density at radius 1 is 1.25 bits per heavy atom. The third kappa shape index (κ3) is 3.76. The lowest BCUT2D eigenvalue weighted by molar-refractivity contribution is 0.00955. The van der Waals surface area contributed by atoms with Crippen LogP contribution in [0, 0.1) is 11.3 Å². The predicted octanol–water partition coefficient (Wildman–Crippen LogP) is 4.43. The van der Waals surface area contributed by atoms with Crippen LogP contribution in [0.2, 0.25) is 0 Å². The van der Waals surface area contributed by atoms with Gasteiger partial charge in [0.05, 0.1) is 0 Å². The smallest absolute Gasteiger partial charge is 0.0331 e. The van der Waals surface area contributed by atoms with E-state index in [-0.39, 0.29) is 5.54 Å². The van der Waals surface area contributed by atoms with E-state index in [2.05, 4.69) is 46.6 Å².